The van der Waals surface area contributed by atoms with Crippen molar-refractivity contribution >= 4 is 17.6 Å². The number of carbonyl (C=O) groups excluding carboxylic acids is 2. The fourth-order valence-corrected chi connectivity index (χ4v) is 5.13. The zero-order chi connectivity index (χ0) is 26.7. The highest BCUT2D eigenvalue weighted by molar-refractivity contribution is 6.02. The van der Waals surface area contributed by atoms with E-state index in [-0.39, 0.29) is 29.6 Å². The lowest BCUT2D eigenvalue weighted by Crippen LogP contribution is -2.46. The van der Waals surface area contributed by atoms with Crippen molar-refractivity contribution in [3.63, 3.8) is 0 Å². The molecule has 0 spiro atoms. The molecule has 3 aromatic rings. The summed E-state index contributed by atoms with van der Waals surface area (Å²) in [5, 5.41) is 26.7. The van der Waals surface area contributed by atoms with E-state index in [4.69, 9.17) is 5.73 Å². The summed E-state index contributed by atoms with van der Waals surface area (Å²) in [5.74, 6) is -0.701. The third-order valence-electron chi connectivity index (χ3n) is 7.55. The molecule has 192 valence electrons. The topological polar surface area (TPSA) is 141 Å². The number of piperidine rings is 1. The molecule has 0 unspecified atom stereocenters. The van der Waals surface area contributed by atoms with Gasteiger partial charge in [-0.1, -0.05) is 42.5 Å². The van der Waals surface area contributed by atoms with Crippen LogP contribution in [0.25, 0.3) is 11.1 Å². The molecule has 0 radical (unpaired) electrons. The first kappa shape index (κ1) is 25.2. The average Bonchev–Trinajstić information content (AvgIpc) is 3.70. The summed E-state index contributed by atoms with van der Waals surface area (Å²) in [6.07, 6.45) is 4.74. The SMILES string of the molecule is N#CCC1(n2cc(C(N)=O)c(NC(=O)C3CC3)n2)CCN(Cc2ccc(-c3ccccc3)c(C#N)c2)CC1. The zero-order valence-electron chi connectivity index (χ0n) is 21.1. The lowest BCUT2D eigenvalue weighted by Gasteiger charge is -2.40. The Morgan fingerprint density at radius 2 is 1.84 bits per heavy atom. The van der Waals surface area contributed by atoms with Crippen molar-refractivity contribution in [2.75, 3.05) is 18.4 Å². The van der Waals surface area contributed by atoms with Gasteiger partial charge in [-0.15, -0.1) is 0 Å². The predicted octanol–water partition coefficient (Wildman–Crippen LogP) is 3.77. The smallest absolute Gasteiger partial charge is 0.254 e. The van der Waals surface area contributed by atoms with Crippen LogP contribution in [0.1, 0.15) is 53.6 Å². The Morgan fingerprint density at radius 3 is 2.47 bits per heavy atom. The number of hydrogen-bond acceptors (Lipinski definition) is 6. The number of amides is 2. The van der Waals surface area contributed by atoms with Crippen LogP contribution in [0, 0.1) is 28.6 Å². The number of nitrogens with one attached hydrogen (secondary N) is 1. The van der Waals surface area contributed by atoms with E-state index in [1.807, 2.05) is 42.5 Å². The molecule has 2 fully saturated rings. The number of primary amides is 1. The molecule has 2 heterocycles. The molecule has 5 rings (SSSR count). The summed E-state index contributed by atoms with van der Waals surface area (Å²) >= 11 is 0. The van der Waals surface area contributed by atoms with Gasteiger partial charge < -0.3 is 11.1 Å². The van der Waals surface area contributed by atoms with E-state index in [2.05, 4.69) is 33.5 Å². The monoisotopic (exact) mass is 507 g/mol. The maximum absolute atomic E-state index is 12.3. The maximum Gasteiger partial charge on any atom is 0.254 e. The van der Waals surface area contributed by atoms with E-state index in [1.165, 1.54) is 0 Å². The molecule has 1 saturated heterocycles. The standard InChI is InChI=1S/C29H29N7O2/c30-13-10-29(36-19-25(26(32)37)27(34-36)33-28(38)22-7-8-22)11-14-35(15-12-29)18-20-6-9-24(23(16-20)17-31)21-4-2-1-3-5-21/h1-6,9,16,19,22H,7-8,10-12,14-15,18H2,(H2,32,37)(H,33,34,38). The molecular weight excluding hydrogens is 478 g/mol. The summed E-state index contributed by atoms with van der Waals surface area (Å²) in [6, 6.07) is 20.5. The van der Waals surface area contributed by atoms with Crippen LogP contribution in [0.5, 0.6) is 0 Å². The number of carbonyl (C=O) groups is 2. The highest BCUT2D eigenvalue weighted by atomic mass is 16.2. The third-order valence-corrected chi connectivity index (χ3v) is 7.55. The van der Waals surface area contributed by atoms with Gasteiger partial charge in [-0.2, -0.15) is 15.6 Å². The van der Waals surface area contributed by atoms with Crippen molar-refractivity contribution in [3.8, 4) is 23.3 Å². The van der Waals surface area contributed by atoms with E-state index < -0.39 is 11.4 Å². The summed E-state index contributed by atoms with van der Waals surface area (Å²) < 4.78 is 1.67. The van der Waals surface area contributed by atoms with Gasteiger partial charge in [-0.25, -0.2) is 0 Å². The highest BCUT2D eigenvalue weighted by Gasteiger charge is 2.39. The maximum atomic E-state index is 12.3. The van der Waals surface area contributed by atoms with Crippen molar-refractivity contribution in [2.45, 2.75) is 44.2 Å². The minimum atomic E-state index is -0.667. The van der Waals surface area contributed by atoms with E-state index in [9.17, 15) is 20.1 Å². The predicted molar refractivity (Wildman–Crippen MR) is 141 cm³/mol. The molecule has 9 heteroatoms. The van der Waals surface area contributed by atoms with Gasteiger partial charge in [0.25, 0.3) is 5.91 Å². The van der Waals surface area contributed by atoms with Crippen LogP contribution < -0.4 is 11.1 Å². The molecule has 2 amide bonds. The molecule has 1 aromatic heterocycles. The first-order valence-electron chi connectivity index (χ1n) is 12.8. The number of benzene rings is 2. The third kappa shape index (κ3) is 5.15. The van der Waals surface area contributed by atoms with Crippen molar-refractivity contribution in [2.24, 2.45) is 11.7 Å². The molecule has 1 aliphatic carbocycles. The molecule has 2 aliphatic rings. The zero-order valence-corrected chi connectivity index (χ0v) is 21.1. The summed E-state index contributed by atoms with van der Waals surface area (Å²) in [7, 11) is 0. The number of aromatic nitrogens is 2. The van der Waals surface area contributed by atoms with E-state index >= 15 is 0 Å². The van der Waals surface area contributed by atoms with Crippen molar-refractivity contribution in [3.05, 3.63) is 71.4 Å². The highest BCUT2D eigenvalue weighted by Crippen LogP contribution is 2.36. The fraction of sp³-hybridized carbons (Fsp3) is 0.345. The van der Waals surface area contributed by atoms with Gasteiger partial charge >= 0.3 is 0 Å². The molecular formula is C29H29N7O2. The molecule has 1 aliphatic heterocycles. The number of nitrogens with zero attached hydrogens (tertiary/aromatic N) is 5. The Hall–Kier alpha value is -4.47. The first-order valence-corrected chi connectivity index (χ1v) is 12.8. The molecule has 9 nitrogen and oxygen atoms in total. The van der Waals surface area contributed by atoms with Crippen LogP contribution in [-0.2, 0) is 16.9 Å². The average molecular weight is 508 g/mol. The minimum absolute atomic E-state index is 0.0412. The molecule has 0 atom stereocenters. The lowest BCUT2D eigenvalue weighted by atomic mass is 9.84. The number of anilines is 1. The molecule has 38 heavy (non-hydrogen) atoms. The molecule has 2 aromatic carbocycles. The summed E-state index contributed by atoms with van der Waals surface area (Å²) in [4.78, 5) is 26.7. The van der Waals surface area contributed by atoms with Gasteiger partial charge in [0.05, 0.1) is 29.7 Å². The Morgan fingerprint density at radius 1 is 1.11 bits per heavy atom. The van der Waals surface area contributed by atoms with Gasteiger partial charge in [0.15, 0.2) is 5.82 Å². The van der Waals surface area contributed by atoms with Crippen LogP contribution in [-0.4, -0.2) is 39.6 Å². The van der Waals surface area contributed by atoms with Crippen LogP contribution in [0.4, 0.5) is 5.82 Å². The number of nitriles is 2. The lowest BCUT2D eigenvalue weighted by molar-refractivity contribution is -0.117. The minimum Gasteiger partial charge on any atom is -0.365 e. The number of nitrogens with two attached hydrogens (primary N) is 1. The van der Waals surface area contributed by atoms with E-state index in [1.54, 1.807) is 10.9 Å². The van der Waals surface area contributed by atoms with Crippen LogP contribution in [0.15, 0.2) is 54.7 Å². The van der Waals surface area contributed by atoms with E-state index in [0.717, 1.165) is 29.5 Å². The largest absolute Gasteiger partial charge is 0.365 e. The van der Waals surface area contributed by atoms with Gasteiger partial charge in [0.1, 0.15) is 5.56 Å². The quantitative estimate of drug-likeness (QED) is 0.475. The van der Waals surface area contributed by atoms with Gasteiger partial charge in [0.2, 0.25) is 5.91 Å². The molecule has 0 bridgehead atoms. The fourth-order valence-electron chi connectivity index (χ4n) is 5.13. The second-order valence-corrected chi connectivity index (χ2v) is 10.2. The van der Waals surface area contributed by atoms with Gasteiger partial charge in [0, 0.05) is 31.7 Å². The van der Waals surface area contributed by atoms with Gasteiger partial charge in [-0.3, -0.25) is 19.2 Å². The summed E-state index contributed by atoms with van der Waals surface area (Å²) in [6.45, 7) is 2.10. The Labute approximate surface area is 221 Å². The first-order chi connectivity index (χ1) is 18.4. The van der Waals surface area contributed by atoms with Crippen molar-refractivity contribution in [1.29, 1.82) is 10.5 Å². The Balaban J connectivity index is 1.31. The molecule has 3 N–H and O–H groups in total. The van der Waals surface area contributed by atoms with Crippen molar-refractivity contribution in [1.82, 2.24) is 14.7 Å². The summed E-state index contributed by atoms with van der Waals surface area (Å²) in [5.41, 5.74) is 8.75. The second-order valence-electron chi connectivity index (χ2n) is 10.2. The Bertz CT molecular complexity index is 1440. The van der Waals surface area contributed by atoms with E-state index in [0.29, 0.717) is 38.0 Å². The normalized spacial score (nSPS) is 16.8. The molecule has 1 saturated carbocycles. The van der Waals surface area contributed by atoms with Crippen LogP contribution in [0.2, 0.25) is 0 Å². The Kier molecular flexibility index (Phi) is 6.95. The number of likely N-dealkylation sites (tertiary alicyclic amines) is 1. The number of hydrogen-bond donors (Lipinski definition) is 2. The number of rotatable bonds is 8. The van der Waals surface area contributed by atoms with Crippen molar-refractivity contribution < 1.29 is 9.59 Å². The second kappa shape index (κ2) is 10.5. The van der Waals surface area contributed by atoms with Crippen LogP contribution in [0.3, 0.4) is 0 Å². The van der Waals surface area contributed by atoms with Crippen LogP contribution >= 0.6 is 0 Å². The van der Waals surface area contributed by atoms with Gasteiger partial charge in [-0.05, 0) is 48.4 Å².